The third kappa shape index (κ3) is 3.83. The summed E-state index contributed by atoms with van der Waals surface area (Å²) in [6.07, 6.45) is 6.54. The number of benzene rings is 1. The molecule has 1 N–H and O–H groups in total. The van der Waals surface area contributed by atoms with E-state index in [1.807, 2.05) is 12.1 Å². The summed E-state index contributed by atoms with van der Waals surface area (Å²) < 4.78 is 11.1. The molecule has 0 saturated heterocycles. The summed E-state index contributed by atoms with van der Waals surface area (Å²) in [6, 6.07) is 6.06. The van der Waals surface area contributed by atoms with Gasteiger partial charge in [0.15, 0.2) is 11.5 Å². The van der Waals surface area contributed by atoms with E-state index in [-0.39, 0.29) is 0 Å². The summed E-state index contributed by atoms with van der Waals surface area (Å²) >= 11 is 0. The molecule has 0 spiro atoms. The third-order valence-electron chi connectivity index (χ3n) is 3.15. The number of hydrogen-bond acceptors (Lipinski definition) is 3. The molecule has 0 bridgehead atoms. The molecule has 18 heavy (non-hydrogen) atoms. The lowest BCUT2D eigenvalue weighted by Crippen LogP contribution is -2.15. The van der Waals surface area contributed by atoms with E-state index < -0.39 is 0 Å². The van der Waals surface area contributed by atoms with Crippen molar-refractivity contribution in [3.05, 3.63) is 18.2 Å². The molecule has 0 amide bonds. The maximum absolute atomic E-state index is 5.56. The lowest BCUT2D eigenvalue weighted by atomic mass is 10.1. The molecule has 0 unspecified atom stereocenters. The largest absolute Gasteiger partial charge is 0.486 e. The van der Waals surface area contributed by atoms with E-state index in [1.54, 1.807) is 0 Å². The molecule has 2 rings (SSSR count). The minimum atomic E-state index is 0.646. The second kappa shape index (κ2) is 7.14. The van der Waals surface area contributed by atoms with Crippen LogP contribution in [0.5, 0.6) is 11.5 Å². The van der Waals surface area contributed by atoms with E-state index in [0.29, 0.717) is 13.2 Å². The number of nitrogens with one attached hydrogen (secondary N) is 1. The Labute approximate surface area is 109 Å². The highest BCUT2D eigenvalue weighted by atomic mass is 16.6. The standard InChI is InChI=1S/C15H23NO2/c1-2-3-4-5-6-9-16-13-7-8-14-15(12-13)18-11-10-17-14/h7-8,12,16H,2-6,9-11H2,1H3. The van der Waals surface area contributed by atoms with Crippen molar-refractivity contribution in [1.82, 2.24) is 0 Å². The summed E-state index contributed by atoms with van der Waals surface area (Å²) in [7, 11) is 0. The highest BCUT2D eigenvalue weighted by Gasteiger charge is 2.11. The average Bonchev–Trinajstić information content (AvgIpc) is 2.42. The van der Waals surface area contributed by atoms with E-state index in [0.717, 1.165) is 23.7 Å². The highest BCUT2D eigenvalue weighted by Crippen LogP contribution is 2.32. The first-order valence-corrected chi connectivity index (χ1v) is 7.03. The Morgan fingerprint density at radius 2 is 1.78 bits per heavy atom. The Kier molecular flexibility index (Phi) is 5.18. The van der Waals surface area contributed by atoms with E-state index in [2.05, 4.69) is 18.3 Å². The number of fused-ring (bicyclic) bond motifs is 1. The van der Waals surface area contributed by atoms with Gasteiger partial charge in [-0.1, -0.05) is 32.6 Å². The predicted molar refractivity (Wildman–Crippen MR) is 74.7 cm³/mol. The monoisotopic (exact) mass is 249 g/mol. The summed E-state index contributed by atoms with van der Waals surface area (Å²) in [5.74, 6) is 1.71. The van der Waals surface area contributed by atoms with Gasteiger partial charge >= 0.3 is 0 Å². The Morgan fingerprint density at radius 1 is 1.00 bits per heavy atom. The normalized spacial score (nSPS) is 13.4. The Hall–Kier alpha value is -1.38. The zero-order valence-corrected chi connectivity index (χ0v) is 11.2. The minimum Gasteiger partial charge on any atom is -0.486 e. The van der Waals surface area contributed by atoms with E-state index in [9.17, 15) is 0 Å². The molecule has 1 aromatic rings. The van der Waals surface area contributed by atoms with Crippen molar-refractivity contribution in [2.24, 2.45) is 0 Å². The van der Waals surface area contributed by atoms with Crippen LogP contribution in [0.3, 0.4) is 0 Å². The summed E-state index contributed by atoms with van der Waals surface area (Å²) in [5.41, 5.74) is 1.12. The van der Waals surface area contributed by atoms with Crippen molar-refractivity contribution in [1.29, 1.82) is 0 Å². The fourth-order valence-electron chi connectivity index (χ4n) is 2.11. The molecule has 0 radical (unpaired) electrons. The Balaban J connectivity index is 1.72. The number of unbranched alkanes of at least 4 members (excludes halogenated alkanes) is 4. The molecule has 0 fully saturated rings. The molecule has 0 saturated carbocycles. The Morgan fingerprint density at radius 3 is 2.61 bits per heavy atom. The van der Waals surface area contributed by atoms with Gasteiger partial charge in [0.2, 0.25) is 0 Å². The number of anilines is 1. The van der Waals surface area contributed by atoms with Gasteiger partial charge in [0.25, 0.3) is 0 Å². The van der Waals surface area contributed by atoms with Crippen molar-refractivity contribution >= 4 is 5.69 Å². The molecule has 1 aromatic carbocycles. The van der Waals surface area contributed by atoms with E-state index >= 15 is 0 Å². The zero-order valence-electron chi connectivity index (χ0n) is 11.2. The molecule has 1 aliphatic heterocycles. The second-order valence-electron chi connectivity index (χ2n) is 4.70. The fourth-order valence-corrected chi connectivity index (χ4v) is 2.11. The lowest BCUT2D eigenvalue weighted by molar-refractivity contribution is 0.171. The molecule has 100 valence electrons. The molecule has 0 atom stereocenters. The van der Waals surface area contributed by atoms with Crippen molar-refractivity contribution in [2.45, 2.75) is 39.0 Å². The van der Waals surface area contributed by atoms with Gasteiger partial charge in [-0.05, 0) is 18.6 Å². The predicted octanol–water partition coefficient (Wildman–Crippen LogP) is 3.84. The van der Waals surface area contributed by atoms with E-state index in [1.165, 1.54) is 32.1 Å². The SMILES string of the molecule is CCCCCCCNc1ccc2c(c1)OCCO2. The first kappa shape index (κ1) is 13.1. The smallest absolute Gasteiger partial charge is 0.163 e. The summed E-state index contributed by atoms with van der Waals surface area (Å²) in [5, 5.41) is 3.44. The molecule has 1 aliphatic rings. The quantitative estimate of drug-likeness (QED) is 0.745. The van der Waals surface area contributed by atoms with Crippen LogP contribution in [0.25, 0.3) is 0 Å². The van der Waals surface area contributed by atoms with Gasteiger partial charge in [-0.25, -0.2) is 0 Å². The number of ether oxygens (including phenoxy) is 2. The molecule has 0 aliphatic carbocycles. The van der Waals surface area contributed by atoms with Gasteiger partial charge in [-0.2, -0.15) is 0 Å². The van der Waals surface area contributed by atoms with Gasteiger partial charge < -0.3 is 14.8 Å². The van der Waals surface area contributed by atoms with Crippen LogP contribution >= 0.6 is 0 Å². The highest BCUT2D eigenvalue weighted by molar-refractivity contribution is 5.55. The van der Waals surface area contributed by atoms with Crippen molar-refractivity contribution in [3.8, 4) is 11.5 Å². The fraction of sp³-hybridized carbons (Fsp3) is 0.600. The van der Waals surface area contributed by atoms with Gasteiger partial charge in [-0.3, -0.25) is 0 Å². The van der Waals surface area contributed by atoms with E-state index in [4.69, 9.17) is 9.47 Å². The average molecular weight is 249 g/mol. The molecule has 0 aromatic heterocycles. The van der Waals surface area contributed by atoms with Gasteiger partial charge in [-0.15, -0.1) is 0 Å². The summed E-state index contributed by atoms with van der Waals surface area (Å²) in [4.78, 5) is 0. The molecular formula is C15H23NO2. The van der Waals surface area contributed by atoms with Gasteiger partial charge in [0.05, 0.1) is 0 Å². The molecule has 3 heteroatoms. The van der Waals surface area contributed by atoms with Crippen LogP contribution in [0.4, 0.5) is 5.69 Å². The van der Waals surface area contributed by atoms with Crippen LogP contribution in [0.1, 0.15) is 39.0 Å². The first-order valence-electron chi connectivity index (χ1n) is 7.03. The van der Waals surface area contributed by atoms with Crippen molar-refractivity contribution < 1.29 is 9.47 Å². The lowest BCUT2D eigenvalue weighted by Gasteiger charge is -2.19. The number of rotatable bonds is 7. The van der Waals surface area contributed by atoms with Crippen LogP contribution in [-0.2, 0) is 0 Å². The maximum atomic E-state index is 5.56. The third-order valence-corrected chi connectivity index (χ3v) is 3.15. The Bertz CT molecular complexity index is 366. The topological polar surface area (TPSA) is 30.5 Å². The van der Waals surface area contributed by atoms with Crippen LogP contribution in [0, 0.1) is 0 Å². The minimum absolute atomic E-state index is 0.646. The van der Waals surface area contributed by atoms with Crippen molar-refractivity contribution in [2.75, 3.05) is 25.1 Å². The molecule has 3 nitrogen and oxygen atoms in total. The van der Waals surface area contributed by atoms with Crippen molar-refractivity contribution in [3.63, 3.8) is 0 Å². The molecular weight excluding hydrogens is 226 g/mol. The zero-order chi connectivity index (χ0) is 12.6. The van der Waals surface area contributed by atoms with Crippen LogP contribution in [-0.4, -0.2) is 19.8 Å². The second-order valence-corrected chi connectivity index (χ2v) is 4.70. The first-order chi connectivity index (χ1) is 8.90. The van der Waals surface area contributed by atoms with Crippen LogP contribution in [0.2, 0.25) is 0 Å². The number of hydrogen-bond donors (Lipinski definition) is 1. The summed E-state index contributed by atoms with van der Waals surface area (Å²) in [6.45, 7) is 4.57. The maximum Gasteiger partial charge on any atom is 0.163 e. The van der Waals surface area contributed by atoms with Crippen LogP contribution in [0.15, 0.2) is 18.2 Å². The molecule has 1 heterocycles. The van der Waals surface area contributed by atoms with Gasteiger partial charge in [0, 0.05) is 18.3 Å². The van der Waals surface area contributed by atoms with Crippen LogP contribution < -0.4 is 14.8 Å². The van der Waals surface area contributed by atoms with Gasteiger partial charge in [0.1, 0.15) is 13.2 Å².